The van der Waals surface area contributed by atoms with Crippen LogP contribution < -0.4 is 0 Å². The number of hydrogen-bond acceptors (Lipinski definition) is 5. The maximum atomic E-state index is 13.2. The Bertz CT molecular complexity index is 798. The molecule has 0 bridgehead atoms. The van der Waals surface area contributed by atoms with Crippen molar-refractivity contribution in [3.63, 3.8) is 0 Å². The van der Waals surface area contributed by atoms with Crippen molar-refractivity contribution in [3.05, 3.63) is 42.1 Å². The van der Waals surface area contributed by atoms with Gasteiger partial charge < -0.3 is 18.4 Å². The first-order valence-electron chi connectivity index (χ1n) is 7.77. The summed E-state index contributed by atoms with van der Waals surface area (Å²) in [5.41, 5.74) is 1.50. The standard InChI is InChI=1S/C17H22NO5P/c1-5-16(24(20,22-6-2)23-7-3)18-12-14(17(19)21-4)13-10-8-9-11-15(13)18/h5,8-12H,6-7H2,1-4H3/b16-5-. The van der Waals surface area contributed by atoms with E-state index >= 15 is 0 Å². The van der Waals surface area contributed by atoms with Gasteiger partial charge in [-0.05, 0) is 26.8 Å². The number of benzene rings is 1. The molecule has 0 radical (unpaired) electrons. The highest BCUT2D eigenvalue weighted by Gasteiger charge is 2.32. The van der Waals surface area contributed by atoms with Crippen LogP contribution in [0.2, 0.25) is 0 Å². The number of fused-ring (bicyclic) bond motifs is 1. The van der Waals surface area contributed by atoms with Crippen molar-refractivity contribution in [1.82, 2.24) is 4.57 Å². The molecule has 7 heteroatoms. The molecule has 0 amide bonds. The number of methoxy groups -OCH3 is 1. The predicted molar refractivity (Wildman–Crippen MR) is 94.1 cm³/mol. The molecule has 0 saturated carbocycles. The third kappa shape index (κ3) is 3.31. The Morgan fingerprint density at radius 3 is 2.38 bits per heavy atom. The number of rotatable bonds is 7. The average Bonchev–Trinajstić information content (AvgIpc) is 2.95. The summed E-state index contributed by atoms with van der Waals surface area (Å²) in [7, 11) is -2.18. The molecule has 24 heavy (non-hydrogen) atoms. The minimum Gasteiger partial charge on any atom is -0.465 e. The number of aromatic nitrogens is 1. The SMILES string of the molecule is C/C=C(/n1cc(C(=O)OC)c2ccccc21)P(=O)(OCC)OCC. The minimum atomic E-state index is -3.51. The lowest BCUT2D eigenvalue weighted by atomic mass is 10.2. The second-order valence-corrected chi connectivity index (χ2v) is 6.87. The van der Waals surface area contributed by atoms with Gasteiger partial charge in [-0.25, -0.2) is 4.79 Å². The molecule has 1 aromatic carbocycles. The fraction of sp³-hybridized carbons (Fsp3) is 0.353. The van der Waals surface area contributed by atoms with Gasteiger partial charge in [0.1, 0.15) is 5.44 Å². The van der Waals surface area contributed by atoms with E-state index in [-0.39, 0.29) is 13.2 Å². The van der Waals surface area contributed by atoms with Crippen molar-refractivity contribution in [2.24, 2.45) is 0 Å². The quantitative estimate of drug-likeness (QED) is 0.542. The summed E-state index contributed by atoms with van der Waals surface area (Å²) >= 11 is 0. The van der Waals surface area contributed by atoms with Gasteiger partial charge in [0.15, 0.2) is 0 Å². The van der Waals surface area contributed by atoms with Crippen LogP contribution in [0.25, 0.3) is 16.3 Å². The molecule has 1 aromatic heterocycles. The molecule has 0 unspecified atom stereocenters. The van der Waals surface area contributed by atoms with Crippen LogP contribution in [-0.2, 0) is 18.3 Å². The summed E-state index contributed by atoms with van der Waals surface area (Å²) < 4.78 is 30.6. The third-order valence-electron chi connectivity index (χ3n) is 3.50. The predicted octanol–water partition coefficient (Wildman–Crippen LogP) is 4.51. The van der Waals surface area contributed by atoms with Gasteiger partial charge in [-0.2, -0.15) is 0 Å². The molecule has 2 aromatic rings. The van der Waals surface area contributed by atoms with E-state index in [1.807, 2.05) is 24.3 Å². The van der Waals surface area contributed by atoms with Gasteiger partial charge in [0.05, 0.1) is 31.4 Å². The topological polar surface area (TPSA) is 66.8 Å². The van der Waals surface area contributed by atoms with E-state index in [1.54, 1.807) is 37.6 Å². The molecule has 130 valence electrons. The summed E-state index contributed by atoms with van der Waals surface area (Å²) in [4.78, 5) is 12.1. The van der Waals surface area contributed by atoms with Crippen molar-refractivity contribution in [2.75, 3.05) is 20.3 Å². The van der Waals surface area contributed by atoms with Gasteiger partial charge in [-0.1, -0.05) is 24.3 Å². The van der Waals surface area contributed by atoms with E-state index in [9.17, 15) is 9.36 Å². The molecule has 0 N–H and O–H groups in total. The summed E-state index contributed by atoms with van der Waals surface area (Å²) in [6.07, 6.45) is 3.29. The van der Waals surface area contributed by atoms with Crippen LogP contribution in [-0.4, -0.2) is 30.9 Å². The van der Waals surface area contributed by atoms with E-state index in [2.05, 4.69) is 0 Å². The third-order valence-corrected chi connectivity index (χ3v) is 5.73. The van der Waals surface area contributed by atoms with Crippen molar-refractivity contribution in [1.29, 1.82) is 0 Å². The molecule has 0 saturated heterocycles. The number of para-hydroxylation sites is 1. The number of carbonyl (C=O) groups is 1. The van der Waals surface area contributed by atoms with Crippen LogP contribution in [0.1, 0.15) is 31.1 Å². The second-order valence-electron chi connectivity index (χ2n) is 4.90. The van der Waals surface area contributed by atoms with Crippen LogP contribution >= 0.6 is 7.60 Å². The van der Waals surface area contributed by atoms with Crippen molar-refractivity contribution in [3.8, 4) is 0 Å². The number of ether oxygens (including phenoxy) is 1. The Morgan fingerprint density at radius 2 is 1.83 bits per heavy atom. The Labute approximate surface area is 141 Å². The van der Waals surface area contributed by atoms with Crippen molar-refractivity contribution < 1.29 is 23.1 Å². The Kier molecular flexibility index (Phi) is 5.99. The molecule has 1 heterocycles. The number of allylic oxidation sites excluding steroid dienone is 1. The Morgan fingerprint density at radius 1 is 1.21 bits per heavy atom. The van der Waals surface area contributed by atoms with Crippen molar-refractivity contribution >= 4 is 29.9 Å². The van der Waals surface area contributed by atoms with Gasteiger partial charge in [0.2, 0.25) is 0 Å². The zero-order valence-electron chi connectivity index (χ0n) is 14.3. The van der Waals surface area contributed by atoms with Crippen LogP contribution in [0, 0.1) is 0 Å². The fourth-order valence-electron chi connectivity index (χ4n) is 2.58. The van der Waals surface area contributed by atoms with Crippen molar-refractivity contribution in [2.45, 2.75) is 20.8 Å². The number of hydrogen-bond donors (Lipinski definition) is 0. The van der Waals surface area contributed by atoms with Crippen LogP contribution in [0.3, 0.4) is 0 Å². The highest BCUT2D eigenvalue weighted by atomic mass is 31.2. The van der Waals surface area contributed by atoms with E-state index in [1.165, 1.54) is 7.11 Å². The van der Waals surface area contributed by atoms with E-state index in [4.69, 9.17) is 13.8 Å². The lowest BCUT2D eigenvalue weighted by molar-refractivity contribution is 0.0603. The maximum Gasteiger partial charge on any atom is 0.377 e. The van der Waals surface area contributed by atoms with E-state index < -0.39 is 13.6 Å². The van der Waals surface area contributed by atoms with E-state index in [0.29, 0.717) is 16.4 Å². The molecule has 0 atom stereocenters. The molecule has 0 fully saturated rings. The first kappa shape index (κ1) is 18.5. The largest absolute Gasteiger partial charge is 0.465 e. The van der Waals surface area contributed by atoms with Crippen LogP contribution in [0.5, 0.6) is 0 Å². The number of esters is 1. The summed E-state index contributed by atoms with van der Waals surface area (Å²) in [6.45, 7) is 5.77. The van der Waals surface area contributed by atoms with E-state index in [0.717, 1.165) is 5.52 Å². The van der Waals surface area contributed by atoms with Gasteiger partial charge in [0, 0.05) is 11.6 Å². The summed E-state index contributed by atoms with van der Waals surface area (Å²) in [5.74, 6) is -0.456. The first-order valence-corrected chi connectivity index (χ1v) is 9.31. The van der Waals surface area contributed by atoms with Gasteiger partial charge >= 0.3 is 13.6 Å². The molecule has 0 aliphatic rings. The molecule has 2 rings (SSSR count). The smallest absolute Gasteiger partial charge is 0.377 e. The number of nitrogens with zero attached hydrogens (tertiary/aromatic N) is 1. The lowest BCUT2D eigenvalue weighted by Crippen LogP contribution is -2.04. The molecule has 0 spiro atoms. The van der Waals surface area contributed by atoms with Crippen LogP contribution in [0.4, 0.5) is 0 Å². The second kappa shape index (κ2) is 7.79. The zero-order valence-corrected chi connectivity index (χ0v) is 15.2. The first-order chi connectivity index (χ1) is 11.5. The fourth-order valence-corrected chi connectivity index (χ4v) is 4.34. The van der Waals surface area contributed by atoms with Gasteiger partial charge in [-0.3, -0.25) is 4.57 Å². The zero-order chi connectivity index (χ0) is 17.7. The van der Waals surface area contributed by atoms with Gasteiger partial charge in [-0.15, -0.1) is 0 Å². The number of carbonyl (C=O) groups excluding carboxylic acids is 1. The normalized spacial score (nSPS) is 12.6. The lowest BCUT2D eigenvalue weighted by Gasteiger charge is -2.21. The van der Waals surface area contributed by atoms with Crippen LogP contribution in [0.15, 0.2) is 36.5 Å². The Balaban J connectivity index is 2.69. The molecule has 0 aliphatic carbocycles. The highest BCUT2D eigenvalue weighted by molar-refractivity contribution is 7.64. The molecule has 6 nitrogen and oxygen atoms in total. The van der Waals surface area contributed by atoms with Gasteiger partial charge in [0.25, 0.3) is 0 Å². The monoisotopic (exact) mass is 351 g/mol. The summed E-state index contributed by atoms with van der Waals surface area (Å²) in [6, 6.07) is 7.34. The minimum absolute atomic E-state index is 0.248. The maximum absolute atomic E-state index is 13.2. The average molecular weight is 351 g/mol. The molecular formula is C17H22NO5P. The highest BCUT2D eigenvalue weighted by Crippen LogP contribution is 2.59. The summed E-state index contributed by atoms with van der Waals surface area (Å²) in [5, 5.41) is 0.711. The molecular weight excluding hydrogens is 329 g/mol. The molecule has 0 aliphatic heterocycles. The Hall–Kier alpha value is -1.88.